The van der Waals surface area contributed by atoms with E-state index in [9.17, 15) is 0 Å². The lowest BCUT2D eigenvalue weighted by Crippen LogP contribution is -2.47. The molecule has 0 aliphatic carbocycles. The normalized spacial score (nSPS) is 26.0. The van der Waals surface area contributed by atoms with Crippen molar-refractivity contribution >= 4 is 0 Å². The molecule has 1 aromatic carbocycles. The van der Waals surface area contributed by atoms with Gasteiger partial charge < -0.3 is 10.2 Å². The Bertz CT molecular complexity index is 323. The second kappa shape index (κ2) is 6.18. The van der Waals surface area contributed by atoms with Crippen LogP contribution < -0.4 is 5.32 Å². The first-order valence-electron chi connectivity index (χ1n) is 6.73. The predicted octanol–water partition coefficient (Wildman–Crippen LogP) is 2.51. The summed E-state index contributed by atoms with van der Waals surface area (Å²) in [6.45, 7) is 5.75. The van der Waals surface area contributed by atoms with Crippen molar-refractivity contribution in [3.05, 3.63) is 35.9 Å². The standard InChI is InChI=1S/C15H24N2/c1-3-13-9-15(12-17(2)11-13)16-10-14-7-5-4-6-8-14/h4-8,13,15-16H,3,9-12H2,1-2H3. The molecule has 1 aromatic rings. The molecule has 2 atom stereocenters. The largest absolute Gasteiger partial charge is 0.309 e. The SMILES string of the molecule is CCC1CC(NCc2ccccc2)CN(C)C1. The van der Waals surface area contributed by atoms with Gasteiger partial charge in [-0.2, -0.15) is 0 Å². The molecule has 1 aliphatic rings. The van der Waals surface area contributed by atoms with Gasteiger partial charge >= 0.3 is 0 Å². The van der Waals surface area contributed by atoms with Crippen molar-refractivity contribution in [3.8, 4) is 0 Å². The van der Waals surface area contributed by atoms with Crippen LogP contribution in [-0.2, 0) is 6.54 Å². The quantitative estimate of drug-likeness (QED) is 0.858. The van der Waals surface area contributed by atoms with E-state index in [-0.39, 0.29) is 0 Å². The minimum atomic E-state index is 0.652. The number of benzene rings is 1. The molecular weight excluding hydrogens is 208 g/mol. The van der Waals surface area contributed by atoms with Crippen molar-refractivity contribution in [2.75, 3.05) is 20.1 Å². The number of rotatable bonds is 4. The van der Waals surface area contributed by atoms with Gasteiger partial charge in [-0.3, -0.25) is 0 Å². The first kappa shape index (κ1) is 12.6. The third kappa shape index (κ3) is 3.83. The maximum Gasteiger partial charge on any atom is 0.0208 e. The summed E-state index contributed by atoms with van der Waals surface area (Å²) < 4.78 is 0. The Labute approximate surface area is 105 Å². The van der Waals surface area contributed by atoms with E-state index in [1.165, 1.54) is 31.5 Å². The molecule has 2 rings (SSSR count). The van der Waals surface area contributed by atoms with Crippen LogP contribution in [0.5, 0.6) is 0 Å². The van der Waals surface area contributed by atoms with Crippen molar-refractivity contribution in [1.29, 1.82) is 0 Å². The number of hydrogen-bond donors (Lipinski definition) is 1. The van der Waals surface area contributed by atoms with Gasteiger partial charge in [-0.1, -0.05) is 43.7 Å². The fourth-order valence-electron chi connectivity index (χ4n) is 2.74. The molecule has 0 radical (unpaired) electrons. The van der Waals surface area contributed by atoms with E-state index >= 15 is 0 Å². The smallest absolute Gasteiger partial charge is 0.0208 e. The van der Waals surface area contributed by atoms with Crippen molar-refractivity contribution in [2.24, 2.45) is 5.92 Å². The topological polar surface area (TPSA) is 15.3 Å². The first-order chi connectivity index (χ1) is 8.28. The first-order valence-corrected chi connectivity index (χ1v) is 6.73. The van der Waals surface area contributed by atoms with Crippen LogP contribution in [0, 0.1) is 5.92 Å². The van der Waals surface area contributed by atoms with Gasteiger partial charge in [0.15, 0.2) is 0 Å². The Kier molecular flexibility index (Phi) is 4.57. The molecule has 1 aliphatic heterocycles. The van der Waals surface area contributed by atoms with E-state index in [0.717, 1.165) is 12.5 Å². The lowest BCUT2D eigenvalue weighted by molar-refractivity contribution is 0.165. The van der Waals surface area contributed by atoms with Crippen LogP contribution in [0.2, 0.25) is 0 Å². The highest BCUT2D eigenvalue weighted by Gasteiger charge is 2.23. The van der Waals surface area contributed by atoms with Crippen LogP contribution in [0.3, 0.4) is 0 Å². The molecule has 0 spiro atoms. The zero-order valence-electron chi connectivity index (χ0n) is 11.0. The van der Waals surface area contributed by atoms with E-state index in [0.29, 0.717) is 6.04 Å². The highest BCUT2D eigenvalue weighted by Crippen LogP contribution is 2.18. The molecule has 0 aromatic heterocycles. The van der Waals surface area contributed by atoms with Crippen LogP contribution in [0.1, 0.15) is 25.3 Å². The molecule has 94 valence electrons. The lowest BCUT2D eigenvalue weighted by atomic mass is 9.92. The summed E-state index contributed by atoms with van der Waals surface area (Å²) in [4.78, 5) is 2.46. The van der Waals surface area contributed by atoms with Gasteiger partial charge in [-0.25, -0.2) is 0 Å². The van der Waals surface area contributed by atoms with Crippen LogP contribution in [-0.4, -0.2) is 31.1 Å². The predicted molar refractivity (Wildman–Crippen MR) is 73.0 cm³/mol. The Morgan fingerprint density at radius 3 is 2.71 bits per heavy atom. The lowest BCUT2D eigenvalue weighted by Gasteiger charge is -2.35. The Morgan fingerprint density at radius 2 is 2.00 bits per heavy atom. The zero-order chi connectivity index (χ0) is 12.1. The van der Waals surface area contributed by atoms with E-state index in [4.69, 9.17) is 0 Å². The summed E-state index contributed by atoms with van der Waals surface area (Å²) in [6, 6.07) is 11.3. The average Bonchev–Trinajstić information content (AvgIpc) is 2.37. The van der Waals surface area contributed by atoms with Crippen LogP contribution in [0.15, 0.2) is 30.3 Å². The second-order valence-electron chi connectivity index (χ2n) is 5.29. The molecule has 1 heterocycles. The molecule has 1 fully saturated rings. The molecule has 2 heteroatoms. The Balaban J connectivity index is 1.82. The highest BCUT2D eigenvalue weighted by molar-refractivity contribution is 5.14. The third-order valence-corrected chi connectivity index (χ3v) is 3.73. The van der Waals surface area contributed by atoms with Crippen molar-refractivity contribution in [2.45, 2.75) is 32.4 Å². The van der Waals surface area contributed by atoms with Gasteiger partial charge in [0, 0.05) is 25.7 Å². The van der Waals surface area contributed by atoms with E-state index in [2.05, 4.69) is 54.5 Å². The van der Waals surface area contributed by atoms with Gasteiger partial charge in [-0.15, -0.1) is 0 Å². The average molecular weight is 232 g/mol. The van der Waals surface area contributed by atoms with Crippen molar-refractivity contribution < 1.29 is 0 Å². The molecule has 0 bridgehead atoms. The summed E-state index contributed by atoms with van der Waals surface area (Å²) >= 11 is 0. The number of nitrogens with one attached hydrogen (secondary N) is 1. The van der Waals surface area contributed by atoms with E-state index in [1.807, 2.05) is 0 Å². The molecule has 1 N–H and O–H groups in total. The zero-order valence-corrected chi connectivity index (χ0v) is 11.0. The molecule has 0 saturated carbocycles. The van der Waals surface area contributed by atoms with Crippen molar-refractivity contribution in [1.82, 2.24) is 10.2 Å². The third-order valence-electron chi connectivity index (χ3n) is 3.73. The van der Waals surface area contributed by atoms with Gasteiger partial charge in [0.25, 0.3) is 0 Å². The van der Waals surface area contributed by atoms with Crippen LogP contribution in [0.4, 0.5) is 0 Å². The fraction of sp³-hybridized carbons (Fsp3) is 0.600. The van der Waals surface area contributed by atoms with Gasteiger partial charge in [-0.05, 0) is 24.9 Å². The van der Waals surface area contributed by atoms with Gasteiger partial charge in [0.1, 0.15) is 0 Å². The Hall–Kier alpha value is -0.860. The Morgan fingerprint density at radius 1 is 1.24 bits per heavy atom. The van der Waals surface area contributed by atoms with Crippen molar-refractivity contribution in [3.63, 3.8) is 0 Å². The molecule has 17 heavy (non-hydrogen) atoms. The number of piperidine rings is 1. The fourth-order valence-corrected chi connectivity index (χ4v) is 2.74. The molecule has 1 saturated heterocycles. The monoisotopic (exact) mass is 232 g/mol. The molecular formula is C15H24N2. The maximum atomic E-state index is 3.69. The summed E-state index contributed by atoms with van der Waals surface area (Å²) in [5, 5.41) is 3.69. The number of likely N-dealkylation sites (tertiary alicyclic amines) is 1. The van der Waals surface area contributed by atoms with E-state index in [1.54, 1.807) is 0 Å². The van der Waals surface area contributed by atoms with E-state index < -0.39 is 0 Å². The summed E-state index contributed by atoms with van der Waals surface area (Å²) in [7, 11) is 2.24. The highest BCUT2D eigenvalue weighted by atomic mass is 15.1. The minimum absolute atomic E-state index is 0.652. The minimum Gasteiger partial charge on any atom is -0.309 e. The number of likely N-dealkylation sites (N-methyl/N-ethyl adjacent to an activating group) is 1. The molecule has 0 amide bonds. The molecule has 2 nitrogen and oxygen atoms in total. The van der Waals surface area contributed by atoms with Gasteiger partial charge in [0.05, 0.1) is 0 Å². The number of hydrogen-bond acceptors (Lipinski definition) is 2. The van der Waals surface area contributed by atoms with Gasteiger partial charge in [0.2, 0.25) is 0 Å². The maximum absolute atomic E-state index is 3.69. The summed E-state index contributed by atoms with van der Waals surface area (Å²) in [5.74, 6) is 0.863. The van der Waals surface area contributed by atoms with Crippen LogP contribution >= 0.6 is 0 Å². The number of nitrogens with zero attached hydrogens (tertiary/aromatic N) is 1. The summed E-state index contributed by atoms with van der Waals surface area (Å²) in [5.41, 5.74) is 1.38. The molecule has 2 unspecified atom stereocenters. The van der Waals surface area contributed by atoms with Crippen LogP contribution in [0.25, 0.3) is 0 Å². The summed E-state index contributed by atoms with van der Waals surface area (Å²) in [6.07, 6.45) is 2.63. The second-order valence-corrected chi connectivity index (χ2v) is 5.29.